The van der Waals surface area contributed by atoms with Crippen molar-refractivity contribution in [2.24, 2.45) is 0 Å². The van der Waals surface area contributed by atoms with Crippen LogP contribution in [-0.2, 0) is 31.4 Å². The Morgan fingerprint density at radius 3 is 2.72 bits per heavy atom. The minimum Gasteiger partial charge on any atom is -0.319 e. The third-order valence-corrected chi connectivity index (χ3v) is 9.24. The molecule has 10 heteroatoms. The van der Waals surface area contributed by atoms with Crippen molar-refractivity contribution in [1.82, 2.24) is 10.2 Å². The highest BCUT2D eigenvalue weighted by Crippen LogP contribution is 2.42. The number of fused-ring (bicyclic) bond motifs is 2. The first-order chi connectivity index (χ1) is 15.3. The van der Waals surface area contributed by atoms with Gasteiger partial charge >= 0.3 is 6.03 Å². The normalized spacial score (nSPS) is 26.2. The number of rotatable bonds is 4. The van der Waals surface area contributed by atoms with Crippen molar-refractivity contribution >= 4 is 44.7 Å². The van der Waals surface area contributed by atoms with Crippen molar-refractivity contribution in [3.05, 3.63) is 52.2 Å². The monoisotopic (exact) mass is 473 g/mol. The quantitative estimate of drug-likeness (QED) is 0.685. The zero-order valence-corrected chi connectivity index (χ0v) is 19.0. The number of hydrogen-bond donors (Lipinski definition) is 1. The summed E-state index contributed by atoms with van der Waals surface area (Å²) in [6.07, 6.45) is 2.47. The number of urea groups is 1. The molecule has 2 aliphatic heterocycles. The number of thiophene rings is 1. The van der Waals surface area contributed by atoms with E-state index in [-0.39, 0.29) is 11.5 Å². The lowest BCUT2D eigenvalue weighted by molar-refractivity contribution is -0.135. The van der Waals surface area contributed by atoms with Crippen molar-refractivity contribution < 1.29 is 22.8 Å². The molecule has 168 valence electrons. The van der Waals surface area contributed by atoms with Gasteiger partial charge in [-0.05, 0) is 49.3 Å². The smallest absolute Gasteiger partial charge is 0.319 e. The van der Waals surface area contributed by atoms with Gasteiger partial charge in [0, 0.05) is 16.1 Å². The van der Waals surface area contributed by atoms with Crippen LogP contribution in [0.25, 0.3) is 0 Å². The van der Waals surface area contributed by atoms with E-state index in [2.05, 4.69) is 5.32 Å². The molecule has 4 amide bonds. The molecular formula is C22H23N3O5S2. The summed E-state index contributed by atoms with van der Waals surface area (Å²) < 4.78 is 24.2. The van der Waals surface area contributed by atoms with Gasteiger partial charge in [0.1, 0.15) is 12.1 Å². The van der Waals surface area contributed by atoms with E-state index in [0.29, 0.717) is 18.5 Å². The molecule has 5 rings (SSSR count). The van der Waals surface area contributed by atoms with E-state index in [0.717, 1.165) is 28.2 Å². The summed E-state index contributed by atoms with van der Waals surface area (Å²) in [5.41, 5.74) is 0.266. The number of sulfone groups is 1. The van der Waals surface area contributed by atoms with Crippen LogP contribution in [0.3, 0.4) is 0 Å². The number of carbonyl (C=O) groups is 3. The Labute approximate surface area is 190 Å². The lowest BCUT2D eigenvalue weighted by Crippen LogP contribution is -2.49. The predicted molar refractivity (Wildman–Crippen MR) is 120 cm³/mol. The van der Waals surface area contributed by atoms with E-state index < -0.39 is 45.8 Å². The maximum Gasteiger partial charge on any atom is 0.325 e. The molecule has 1 spiro atoms. The summed E-state index contributed by atoms with van der Waals surface area (Å²) in [6.45, 7) is -0.433. The van der Waals surface area contributed by atoms with Crippen LogP contribution in [0.5, 0.6) is 0 Å². The summed E-state index contributed by atoms with van der Waals surface area (Å²) in [5, 5.41) is 4.77. The summed E-state index contributed by atoms with van der Waals surface area (Å²) in [5.74, 6) is -1.00. The molecule has 0 radical (unpaired) electrons. The standard InChI is InChI=1S/C22H23N3O5S2/c26-19(25(15-5-2-1-3-6-15)16-9-12-32(29,30)14-16)13-24-20(27)22(23-21(24)28)10-4-7-18-17(22)8-11-31-18/h1-3,5-6,8,11,16H,4,7,9-10,12-14H2,(H,23,28)/t16-,22-/m0/s1. The molecule has 0 bridgehead atoms. The van der Waals surface area contributed by atoms with Crippen molar-refractivity contribution in [2.45, 2.75) is 37.3 Å². The minimum atomic E-state index is -3.23. The maximum atomic E-state index is 13.5. The zero-order chi connectivity index (χ0) is 22.5. The zero-order valence-electron chi connectivity index (χ0n) is 17.3. The fraction of sp³-hybridized carbons (Fsp3) is 0.409. The largest absolute Gasteiger partial charge is 0.325 e. The van der Waals surface area contributed by atoms with Gasteiger partial charge in [-0.25, -0.2) is 13.2 Å². The molecule has 2 aromatic rings. The number of carbonyl (C=O) groups excluding carboxylic acids is 3. The first-order valence-electron chi connectivity index (χ1n) is 10.6. The second-order valence-corrected chi connectivity index (χ2v) is 11.7. The molecule has 1 aromatic carbocycles. The molecule has 8 nitrogen and oxygen atoms in total. The van der Waals surface area contributed by atoms with Crippen LogP contribution >= 0.6 is 11.3 Å². The minimum absolute atomic E-state index is 0.0153. The number of anilines is 1. The first-order valence-corrected chi connectivity index (χ1v) is 13.3. The Hall–Kier alpha value is -2.72. The number of amides is 4. The Balaban J connectivity index is 1.43. The van der Waals surface area contributed by atoms with Crippen molar-refractivity contribution in [1.29, 1.82) is 0 Å². The number of benzene rings is 1. The Morgan fingerprint density at radius 2 is 2.00 bits per heavy atom. The van der Waals surface area contributed by atoms with Gasteiger partial charge in [0.05, 0.1) is 17.5 Å². The molecule has 1 aliphatic carbocycles. The summed E-state index contributed by atoms with van der Waals surface area (Å²) in [7, 11) is -3.23. The molecule has 1 aromatic heterocycles. The van der Waals surface area contributed by atoms with Crippen LogP contribution in [0.2, 0.25) is 0 Å². The average Bonchev–Trinajstić information content (AvgIpc) is 3.44. The molecule has 3 heterocycles. The van der Waals surface area contributed by atoms with Gasteiger partial charge in [-0.3, -0.25) is 14.5 Å². The van der Waals surface area contributed by atoms with E-state index >= 15 is 0 Å². The van der Waals surface area contributed by atoms with E-state index in [1.807, 2.05) is 11.4 Å². The third kappa shape index (κ3) is 3.41. The van der Waals surface area contributed by atoms with Gasteiger partial charge in [0.15, 0.2) is 9.84 Å². The van der Waals surface area contributed by atoms with Gasteiger partial charge < -0.3 is 10.2 Å². The second-order valence-electron chi connectivity index (χ2n) is 8.49. The molecule has 2 fully saturated rings. The van der Waals surface area contributed by atoms with Gasteiger partial charge in [0.2, 0.25) is 5.91 Å². The predicted octanol–water partition coefficient (Wildman–Crippen LogP) is 2.05. The van der Waals surface area contributed by atoms with Crippen molar-refractivity contribution in [3.8, 4) is 0 Å². The van der Waals surface area contributed by atoms with Crippen LogP contribution in [0.15, 0.2) is 41.8 Å². The molecule has 2 atom stereocenters. The molecule has 0 unspecified atom stereocenters. The maximum absolute atomic E-state index is 13.5. The summed E-state index contributed by atoms with van der Waals surface area (Å²) in [4.78, 5) is 43.2. The van der Waals surface area contributed by atoms with E-state index in [4.69, 9.17) is 0 Å². The van der Waals surface area contributed by atoms with Gasteiger partial charge in [-0.15, -0.1) is 11.3 Å². The molecule has 3 aliphatic rings. The molecule has 2 saturated heterocycles. The molecule has 0 saturated carbocycles. The lowest BCUT2D eigenvalue weighted by Gasteiger charge is -2.32. The lowest BCUT2D eigenvalue weighted by atomic mass is 9.80. The van der Waals surface area contributed by atoms with Crippen molar-refractivity contribution in [3.63, 3.8) is 0 Å². The fourth-order valence-corrected chi connectivity index (χ4v) is 7.72. The van der Waals surface area contributed by atoms with Crippen LogP contribution < -0.4 is 10.2 Å². The van der Waals surface area contributed by atoms with Gasteiger partial charge in [0.25, 0.3) is 5.91 Å². The van der Waals surface area contributed by atoms with Gasteiger partial charge in [-0.1, -0.05) is 18.2 Å². The Morgan fingerprint density at radius 1 is 1.22 bits per heavy atom. The number of nitrogens with one attached hydrogen (secondary N) is 1. The second kappa shape index (κ2) is 7.70. The first kappa shape index (κ1) is 21.1. The molecule has 1 N–H and O–H groups in total. The van der Waals surface area contributed by atoms with Crippen LogP contribution in [0.4, 0.5) is 10.5 Å². The number of aryl methyl sites for hydroxylation is 1. The summed E-state index contributed by atoms with van der Waals surface area (Å²) in [6, 6.07) is 9.56. The van der Waals surface area contributed by atoms with Gasteiger partial charge in [-0.2, -0.15) is 0 Å². The van der Waals surface area contributed by atoms with E-state index in [1.165, 1.54) is 4.90 Å². The Bertz CT molecular complexity index is 1190. The number of para-hydroxylation sites is 1. The molecular weight excluding hydrogens is 450 g/mol. The van der Waals surface area contributed by atoms with E-state index in [9.17, 15) is 22.8 Å². The number of nitrogens with zero attached hydrogens (tertiary/aromatic N) is 2. The number of hydrogen-bond acceptors (Lipinski definition) is 6. The summed E-state index contributed by atoms with van der Waals surface area (Å²) >= 11 is 1.57. The molecule has 32 heavy (non-hydrogen) atoms. The highest BCUT2D eigenvalue weighted by molar-refractivity contribution is 7.91. The van der Waals surface area contributed by atoms with Crippen molar-refractivity contribution in [2.75, 3.05) is 23.0 Å². The third-order valence-electron chi connectivity index (χ3n) is 6.51. The fourth-order valence-electron chi connectivity index (χ4n) is 5.02. The van der Waals surface area contributed by atoms with Crippen LogP contribution in [-0.4, -0.2) is 55.3 Å². The highest BCUT2D eigenvalue weighted by Gasteiger charge is 2.55. The SMILES string of the molecule is O=C1N[C@]2(CCCc3sccc32)C(=O)N1CC(=O)N(c1ccccc1)[C@H]1CCS(=O)(=O)C1. The highest BCUT2D eigenvalue weighted by atomic mass is 32.2. The van der Waals surface area contributed by atoms with Crippen LogP contribution in [0.1, 0.15) is 29.7 Å². The Kier molecular flexibility index (Phi) is 5.09. The number of imide groups is 1. The van der Waals surface area contributed by atoms with Crippen LogP contribution in [0, 0.1) is 0 Å². The van der Waals surface area contributed by atoms with E-state index in [1.54, 1.807) is 41.7 Å². The average molecular weight is 474 g/mol. The topological polar surface area (TPSA) is 104 Å².